The van der Waals surface area contributed by atoms with Crippen molar-refractivity contribution in [2.75, 3.05) is 0 Å². The van der Waals surface area contributed by atoms with E-state index in [1.165, 1.54) is 4.72 Å². The second kappa shape index (κ2) is 7.92. The van der Waals surface area contributed by atoms with Crippen LogP contribution in [0.3, 0.4) is 0 Å². The minimum absolute atomic E-state index is 0. The van der Waals surface area contributed by atoms with Crippen LogP contribution in [0.1, 0.15) is 0 Å². The largest absolute Gasteiger partial charge is 1.00 e. The van der Waals surface area contributed by atoms with Crippen LogP contribution in [0.5, 0.6) is 0 Å². The Balaban J connectivity index is 0.00000484. The molecule has 0 unspecified atom stereocenters. The maximum atomic E-state index is 12.5. The number of hydrogen-bond donors (Lipinski definition) is 1. The summed E-state index contributed by atoms with van der Waals surface area (Å²) in [5, 5.41) is 0.147. The van der Waals surface area contributed by atoms with E-state index in [0.717, 1.165) is 24.3 Å². The molecule has 0 saturated heterocycles. The summed E-state index contributed by atoms with van der Waals surface area (Å²) in [7, 11) is -4.61. The Hall–Kier alpha value is -0.000000000000000444. The fourth-order valence-corrected chi connectivity index (χ4v) is 2.88. The van der Waals surface area contributed by atoms with Crippen molar-refractivity contribution in [2.45, 2.75) is 23.3 Å². The number of rotatable bonds is 4. The van der Waals surface area contributed by atoms with Gasteiger partial charge in [0.25, 0.3) is 0 Å². The fourth-order valence-electron chi connectivity index (χ4n) is 1.59. The molecule has 0 aliphatic rings. The Morgan fingerprint density at radius 1 is 1.00 bits per heavy atom. The number of alkyl halides is 6. The van der Waals surface area contributed by atoms with E-state index in [1.807, 2.05) is 0 Å². The smallest absolute Gasteiger partial charge is 0.325 e. The number of benzene rings is 1. The third-order valence-corrected chi connectivity index (χ3v) is 4.30. The first-order chi connectivity index (χ1) is 9.75. The van der Waals surface area contributed by atoms with E-state index >= 15 is 0 Å². The van der Waals surface area contributed by atoms with Gasteiger partial charge in [0, 0.05) is 5.02 Å². The molecule has 0 aliphatic carbocycles. The van der Waals surface area contributed by atoms with Gasteiger partial charge in [-0.1, -0.05) is 17.6 Å². The maximum Gasteiger partial charge on any atom is 1.00 e. The Morgan fingerprint density at radius 2 is 1.39 bits per heavy atom. The number of sulfonamides is 1. The predicted molar refractivity (Wildman–Crippen MR) is 66.5 cm³/mol. The Labute approximate surface area is 155 Å². The summed E-state index contributed by atoms with van der Waals surface area (Å²) in [6, 6.07) is 1.44. The van der Waals surface area contributed by atoms with E-state index in [-0.39, 0.29) is 34.6 Å². The Bertz CT molecular complexity index is 603. The van der Waals surface area contributed by atoms with Gasteiger partial charge in [0.1, 0.15) is 5.92 Å². The Morgan fingerprint density at radius 3 is 1.74 bits per heavy atom. The molecule has 0 aliphatic heterocycles. The molecule has 1 aromatic carbocycles. The summed E-state index contributed by atoms with van der Waals surface area (Å²) < 4.78 is 99.8. The van der Waals surface area contributed by atoms with Crippen LogP contribution in [0.15, 0.2) is 29.2 Å². The third-order valence-electron chi connectivity index (χ3n) is 2.54. The van der Waals surface area contributed by atoms with Gasteiger partial charge in [-0.05, 0) is 24.3 Å². The van der Waals surface area contributed by atoms with Crippen molar-refractivity contribution < 1.29 is 64.3 Å². The van der Waals surface area contributed by atoms with E-state index in [2.05, 4.69) is 6.92 Å². The molecule has 3 nitrogen and oxygen atoms in total. The van der Waals surface area contributed by atoms with Crippen molar-refractivity contribution in [1.29, 1.82) is 0 Å². The standard InChI is InChI=1S/C11H9ClF6NO2S.Na/c1-6(9(10(13,14)15)11(16,17)18)19-22(20,21)8-4-2-7(12)3-5-8;/h2-6,9,19H,1H2;/q-1;+1/t6-;/m1./s1. The van der Waals surface area contributed by atoms with Gasteiger partial charge >= 0.3 is 41.9 Å². The molecule has 0 saturated carbocycles. The SMILES string of the molecule is [CH2-][C@@H](NS(=O)(=O)c1ccc(Cl)cc1)C(C(F)(F)F)C(F)(F)F.[Na+]. The molecule has 0 spiro atoms. The monoisotopic (exact) mass is 391 g/mol. The van der Waals surface area contributed by atoms with E-state index in [4.69, 9.17) is 11.6 Å². The molecule has 12 heteroatoms. The summed E-state index contributed by atoms with van der Waals surface area (Å²) in [5.74, 6) is -3.93. The zero-order chi connectivity index (χ0) is 17.3. The number of halogens is 7. The summed E-state index contributed by atoms with van der Waals surface area (Å²) in [6.07, 6.45) is -11.4. The molecular formula is C11H9ClF6NNaO2S. The summed E-state index contributed by atoms with van der Waals surface area (Å²) in [4.78, 5) is -0.534. The molecule has 0 bridgehead atoms. The van der Waals surface area contributed by atoms with Gasteiger partial charge in [-0.25, -0.2) is 13.1 Å². The third kappa shape index (κ3) is 6.43. The molecule has 0 radical (unpaired) electrons. The van der Waals surface area contributed by atoms with E-state index < -0.39 is 39.2 Å². The topological polar surface area (TPSA) is 46.2 Å². The minimum Gasteiger partial charge on any atom is -0.325 e. The summed E-state index contributed by atoms with van der Waals surface area (Å²) >= 11 is 5.51. The Kier molecular flexibility index (Phi) is 7.92. The van der Waals surface area contributed by atoms with Crippen LogP contribution >= 0.6 is 11.6 Å². The molecule has 23 heavy (non-hydrogen) atoms. The van der Waals surface area contributed by atoms with Gasteiger partial charge in [-0.15, -0.1) is 0 Å². The summed E-state index contributed by atoms with van der Waals surface area (Å²) in [6.45, 7) is 2.64. The quantitative estimate of drug-likeness (QED) is 0.463. The average molecular weight is 392 g/mol. The molecular weight excluding hydrogens is 383 g/mol. The van der Waals surface area contributed by atoms with Crippen LogP contribution in [0.2, 0.25) is 5.02 Å². The first kappa shape index (κ1) is 23.0. The van der Waals surface area contributed by atoms with Crippen LogP contribution in [0, 0.1) is 12.8 Å². The van der Waals surface area contributed by atoms with Gasteiger partial charge in [-0.2, -0.15) is 26.3 Å². The van der Waals surface area contributed by atoms with E-state index in [9.17, 15) is 34.8 Å². The van der Waals surface area contributed by atoms with Crippen LogP contribution < -0.4 is 34.3 Å². The van der Waals surface area contributed by atoms with Crippen molar-refractivity contribution in [3.05, 3.63) is 36.2 Å². The number of nitrogens with one attached hydrogen (secondary N) is 1. The molecule has 1 rings (SSSR count). The fraction of sp³-hybridized carbons (Fsp3) is 0.364. The normalized spacial score (nSPS) is 14.5. The molecule has 1 atom stereocenters. The maximum absolute atomic E-state index is 12.5. The second-order valence-corrected chi connectivity index (χ2v) is 6.39. The molecule has 0 aromatic heterocycles. The average Bonchev–Trinajstić information content (AvgIpc) is 2.23. The molecule has 0 heterocycles. The van der Waals surface area contributed by atoms with Crippen molar-refractivity contribution in [1.82, 2.24) is 4.72 Å². The molecule has 126 valence electrons. The number of hydrogen-bond acceptors (Lipinski definition) is 2. The first-order valence-corrected chi connectivity index (χ1v) is 7.35. The minimum atomic E-state index is -5.70. The van der Waals surface area contributed by atoms with Crippen LogP contribution in [0.4, 0.5) is 26.3 Å². The van der Waals surface area contributed by atoms with Crippen LogP contribution in [0.25, 0.3) is 0 Å². The summed E-state index contributed by atoms with van der Waals surface area (Å²) in [5.41, 5.74) is 0. The van der Waals surface area contributed by atoms with Crippen molar-refractivity contribution >= 4 is 21.6 Å². The van der Waals surface area contributed by atoms with Gasteiger partial charge in [0.2, 0.25) is 10.0 Å². The molecule has 1 aromatic rings. The van der Waals surface area contributed by atoms with Crippen molar-refractivity contribution in [3.63, 3.8) is 0 Å². The van der Waals surface area contributed by atoms with E-state index in [1.54, 1.807) is 0 Å². The first-order valence-electron chi connectivity index (χ1n) is 5.49. The van der Waals surface area contributed by atoms with Gasteiger partial charge in [0.05, 0.1) is 4.90 Å². The van der Waals surface area contributed by atoms with Crippen molar-refractivity contribution in [2.24, 2.45) is 5.92 Å². The van der Waals surface area contributed by atoms with Crippen LogP contribution in [-0.4, -0.2) is 26.8 Å². The molecule has 1 N–H and O–H groups in total. The van der Waals surface area contributed by atoms with E-state index in [0.29, 0.717) is 0 Å². The van der Waals surface area contributed by atoms with Gasteiger partial charge in [0.15, 0.2) is 0 Å². The van der Waals surface area contributed by atoms with Crippen molar-refractivity contribution in [3.8, 4) is 0 Å². The second-order valence-electron chi connectivity index (χ2n) is 4.24. The molecule has 0 fully saturated rings. The molecule has 0 amide bonds. The van der Waals surface area contributed by atoms with Gasteiger partial charge < -0.3 is 6.92 Å². The zero-order valence-electron chi connectivity index (χ0n) is 11.5. The zero-order valence-corrected chi connectivity index (χ0v) is 15.1. The van der Waals surface area contributed by atoms with Gasteiger partial charge in [-0.3, -0.25) is 0 Å². The van der Waals surface area contributed by atoms with Crippen LogP contribution in [-0.2, 0) is 10.0 Å². The predicted octanol–water partition coefficient (Wildman–Crippen LogP) is 0.566.